The molecule has 1 aliphatic rings. The minimum Gasteiger partial charge on any atom is -0.461 e. The van der Waals surface area contributed by atoms with E-state index in [9.17, 15) is 13.2 Å². The molecule has 2 aromatic rings. The van der Waals surface area contributed by atoms with Crippen molar-refractivity contribution in [3.63, 3.8) is 0 Å². The molecule has 3 rings (SSSR count). The predicted octanol–water partition coefficient (Wildman–Crippen LogP) is 3.41. The van der Waals surface area contributed by atoms with Gasteiger partial charge < -0.3 is 9.32 Å². The molecule has 1 fully saturated rings. The molecular formula is C21H30N2O4S. The van der Waals surface area contributed by atoms with Crippen molar-refractivity contribution < 1.29 is 17.6 Å². The van der Waals surface area contributed by atoms with Gasteiger partial charge in [-0.25, -0.2) is 12.7 Å². The Labute approximate surface area is 167 Å². The first kappa shape index (κ1) is 20.9. The average molecular weight is 407 g/mol. The molecule has 0 aliphatic carbocycles. The number of piperidine rings is 1. The van der Waals surface area contributed by atoms with Crippen LogP contribution in [0, 0.1) is 5.92 Å². The van der Waals surface area contributed by atoms with Crippen LogP contribution < -0.4 is 0 Å². The van der Waals surface area contributed by atoms with Gasteiger partial charge in [0.25, 0.3) is 0 Å². The summed E-state index contributed by atoms with van der Waals surface area (Å²) in [6.07, 6.45) is 2.80. The Morgan fingerprint density at radius 1 is 1.29 bits per heavy atom. The fourth-order valence-electron chi connectivity index (χ4n) is 4.02. The van der Waals surface area contributed by atoms with E-state index < -0.39 is 10.0 Å². The van der Waals surface area contributed by atoms with Gasteiger partial charge in [-0.3, -0.25) is 4.79 Å². The van der Waals surface area contributed by atoms with Crippen molar-refractivity contribution in [2.24, 2.45) is 5.92 Å². The van der Waals surface area contributed by atoms with Crippen LogP contribution in [0.4, 0.5) is 0 Å². The number of hydrogen-bond acceptors (Lipinski definition) is 4. The molecule has 0 N–H and O–H groups in total. The molecule has 1 aromatic heterocycles. The number of rotatable bonds is 7. The van der Waals surface area contributed by atoms with Crippen LogP contribution in [0.3, 0.4) is 0 Å². The zero-order valence-corrected chi connectivity index (χ0v) is 17.8. The molecule has 0 spiro atoms. The van der Waals surface area contributed by atoms with E-state index in [-0.39, 0.29) is 24.1 Å². The molecule has 1 aliphatic heterocycles. The number of carbonyl (C=O) groups excluding carboxylic acids is 1. The summed E-state index contributed by atoms with van der Waals surface area (Å²) in [5.41, 5.74) is 1.88. The largest absolute Gasteiger partial charge is 0.461 e. The molecular weight excluding hydrogens is 376 g/mol. The molecule has 1 atom stereocenters. The third-order valence-corrected chi connectivity index (χ3v) is 7.51. The van der Waals surface area contributed by atoms with Crippen LogP contribution in [0.25, 0.3) is 11.0 Å². The summed E-state index contributed by atoms with van der Waals surface area (Å²) in [5, 5.41) is 1.04. The van der Waals surface area contributed by atoms with E-state index in [1.165, 1.54) is 4.31 Å². The number of fused-ring (bicyclic) bond motifs is 1. The highest BCUT2D eigenvalue weighted by atomic mass is 32.2. The summed E-state index contributed by atoms with van der Waals surface area (Å²) < 4.78 is 32.2. The maximum Gasteiger partial charge on any atom is 0.227 e. The van der Waals surface area contributed by atoms with Crippen LogP contribution in [-0.2, 0) is 27.8 Å². The summed E-state index contributed by atoms with van der Waals surface area (Å²) in [6, 6.07) is 7.88. The first-order valence-corrected chi connectivity index (χ1v) is 11.7. The minimum absolute atomic E-state index is 0.00346. The third-order valence-electron chi connectivity index (χ3n) is 5.46. The summed E-state index contributed by atoms with van der Waals surface area (Å²) in [6.45, 7) is 5.18. The van der Waals surface area contributed by atoms with E-state index in [1.54, 1.807) is 11.9 Å². The smallest absolute Gasteiger partial charge is 0.227 e. The molecule has 1 amide bonds. The fraction of sp³-hybridized carbons (Fsp3) is 0.571. The monoisotopic (exact) mass is 406 g/mol. The highest BCUT2D eigenvalue weighted by Crippen LogP contribution is 2.28. The van der Waals surface area contributed by atoms with Crippen LogP contribution >= 0.6 is 0 Å². The predicted molar refractivity (Wildman–Crippen MR) is 110 cm³/mol. The number of benzene rings is 1. The Bertz CT molecular complexity index is 935. The zero-order chi connectivity index (χ0) is 20.3. The molecule has 154 valence electrons. The van der Waals surface area contributed by atoms with Crippen molar-refractivity contribution in [2.75, 3.05) is 25.9 Å². The lowest BCUT2D eigenvalue weighted by Gasteiger charge is -2.33. The maximum absolute atomic E-state index is 13.1. The van der Waals surface area contributed by atoms with Crippen molar-refractivity contribution in [1.82, 2.24) is 9.21 Å². The van der Waals surface area contributed by atoms with E-state index in [0.717, 1.165) is 41.6 Å². The molecule has 2 heterocycles. The van der Waals surface area contributed by atoms with Gasteiger partial charge in [0.05, 0.1) is 11.7 Å². The van der Waals surface area contributed by atoms with E-state index in [2.05, 4.69) is 0 Å². The van der Waals surface area contributed by atoms with Gasteiger partial charge in [0, 0.05) is 44.1 Å². The van der Waals surface area contributed by atoms with Gasteiger partial charge in [-0.15, -0.1) is 0 Å². The Kier molecular flexibility index (Phi) is 6.45. The number of para-hydroxylation sites is 1. The Morgan fingerprint density at radius 3 is 2.75 bits per heavy atom. The summed E-state index contributed by atoms with van der Waals surface area (Å²) in [5.74, 6) is 0.763. The second-order valence-corrected chi connectivity index (χ2v) is 9.65. The topological polar surface area (TPSA) is 70.8 Å². The van der Waals surface area contributed by atoms with Gasteiger partial charge in [-0.05, 0) is 25.3 Å². The maximum atomic E-state index is 13.1. The van der Waals surface area contributed by atoms with Crippen LogP contribution in [0.15, 0.2) is 28.7 Å². The van der Waals surface area contributed by atoms with Crippen LogP contribution in [0.1, 0.15) is 44.4 Å². The fourth-order valence-corrected chi connectivity index (χ4v) is 5.61. The lowest BCUT2D eigenvalue weighted by atomic mass is 9.98. The van der Waals surface area contributed by atoms with Gasteiger partial charge in [0.15, 0.2) is 0 Å². The number of furan rings is 1. The Morgan fingerprint density at radius 2 is 2.04 bits per heavy atom. The summed E-state index contributed by atoms with van der Waals surface area (Å²) >= 11 is 0. The highest BCUT2D eigenvalue weighted by Gasteiger charge is 2.33. The first-order valence-electron chi connectivity index (χ1n) is 10.1. The molecule has 28 heavy (non-hydrogen) atoms. The Balaban J connectivity index is 1.75. The summed E-state index contributed by atoms with van der Waals surface area (Å²) in [7, 11) is -1.47. The van der Waals surface area contributed by atoms with E-state index >= 15 is 0 Å². The number of amides is 1. The van der Waals surface area contributed by atoms with Crippen LogP contribution in [-0.4, -0.2) is 49.4 Å². The molecule has 0 bridgehead atoms. The molecule has 1 unspecified atom stereocenters. The number of sulfonamides is 1. The quantitative estimate of drug-likeness (QED) is 0.706. The van der Waals surface area contributed by atoms with Crippen LogP contribution in [0.2, 0.25) is 0 Å². The molecule has 0 radical (unpaired) electrons. The molecule has 7 heteroatoms. The number of hydrogen-bond donors (Lipinski definition) is 0. The van der Waals surface area contributed by atoms with E-state index in [4.69, 9.17) is 4.42 Å². The number of carbonyl (C=O) groups is 1. The number of aryl methyl sites for hydroxylation is 1. The van der Waals surface area contributed by atoms with Crippen LogP contribution in [0.5, 0.6) is 0 Å². The highest BCUT2D eigenvalue weighted by molar-refractivity contribution is 7.89. The second kappa shape index (κ2) is 8.66. The normalized spacial score (nSPS) is 18.5. The molecule has 0 saturated carbocycles. The lowest BCUT2D eigenvalue weighted by Crippen LogP contribution is -2.46. The standard InChI is InChI=1S/C21H30N2O4S/c1-4-13-28(25,26)23-12-8-9-16(14-23)21(24)22(3)15-18-17-10-6-7-11-20(17)27-19(18)5-2/h6-7,10-11,16H,4-5,8-9,12-15H2,1-3H3. The summed E-state index contributed by atoms with van der Waals surface area (Å²) in [4.78, 5) is 14.8. The van der Waals surface area contributed by atoms with Gasteiger partial charge in [-0.1, -0.05) is 32.0 Å². The van der Waals surface area contributed by atoms with Crippen molar-refractivity contribution in [3.05, 3.63) is 35.6 Å². The van der Waals surface area contributed by atoms with E-state index in [0.29, 0.717) is 19.5 Å². The first-order chi connectivity index (χ1) is 13.4. The van der Waals surface area contributed by atoms with E-state index in [1.807, 2.05) is 38.1 Å². The van der Waals surface area contributed by atoms with Crippen molar-refractivity contribution in [1.29, 1.82) is 0 Å². The minimum atomic E-state index is -3.27. The molecule has 6 nitrogen and oxygen atoms in total. The van der Waals surface area contributed by atoms with Crippen molar-refractivity contribution in [3.8, 4) is 0 Å². The molecule has 1 saturated heterocycles. The average Bonchev–Trinajstić information content (AvgIpc) is 3.05. The SMILES string of the molecule is CCCS(=O)(=O)N1CCCC(C(=O)N(C)Cc2c(CC)oc3ccccc23)C1. The second-order valence-electron chi connectivity index (χ2n) is 7.56. The van der Waals surface area contributed by atoms with Crippen molar-refractivity contribution in [2.45, 2.75) is 46.1 Å². The zero-order valence-electron chi connectivity index (χ0n) is 17.0. The van der Waals surface area contributed by atoms with Crippen molar-refractivity contribution >= 4 is 26.9 Å². The third kappa shape index (κ3) is 4.25. The lowest BCUT2D eigenvalue weighted by molar-refractivity contribution is -0.135. The van der Waals surface area contributed by atoms with Gasteiger partial charge in [0.2, 0.25) is 15.9 Å². The van der Waals surface area contributed by atoms with Gasteiger partial charge in [0.1, 0.15) is 11.3 Å². The Hall–Kier alpha value is -1.86. The van der Waals surface area contributed by atoms with Gasteiger partial charge >= 0.3 is 0 Å². The van der Waals surface area contributed by atoms with Gasteiger partial charge in [-0.2, -0.15) is 0 Å². The molecule has 1 aromatic carbocycles. The number of nitrogens with zero attached hydrogens (tertiary/aromatic N) is 2.